The maximum atomic E-state index is 6.47. The number of halogens is 4. The van der Waals surface area contributed by atoms with Crippen molar-refractivity contribution in [3.63, 3.8) is 0 Å². The second kappa shape index (κ2) is 5.78. The molecule has 1 heterocycles. The van der Waals surface area contributed by atoms with Crippen LogP contribution in [0.1, 0.15) is 21.4 Å². The van der Waals surface area contributed by atoms with Crippen LogP contribution < -0.4 is 0 Å². The van der Waals surface area contributed by atoms with Crippen LogP contribution in [0.15, 0.2) is 28.1 Å². The Hall–Kier alpha value is 0.710. The Morgan fingerprint density at radius 3 is 2.59 bits per heavy atom. The second-order valence-corrected chi connectivity index (χ2v) is 8.05. The molecule has 5 heteroatoms. The molecular formula is C12H8BrCl2IS. The zero-order chi connectivity index (χ0) is 12.6. The first-order valence-corrected chi connectivity index (χ1v) is 8.34. The third kappa shape index (κ3) is 3.18. The smallest absolute Gasteiger partial charge is 0.0928 e. The molecule has 17 heavy (non-hydrogen) atoms. The fraction of sp³-hybridized carbons (Fsp3) is 0.167. The van der Waals surface area contributed by atoms with Crippen molar-refractivity contribution in [3.8, 4) is 0 Å². The Bertz CT molecular complexity index is 534. The van der Waals surface area contributed by atoms with Crippen LogP contribution in [0.3, 0.4) is 0 Å². The van der Waals surface area contributed by atoms with Gasteiger partial charge in [-0.3, -0.25) is 0 Å². The average Bonchev–Trinajstić information content (AvgIpc) is 2.62. The molecular weight excluding hydrogens is 454 g/mol. The minimum Gasteiger partial charge on any atom is -0.131 e. The van der Waals surface area contributed by atoms with E-state index in [1.165, 1.54) is 5.56 Å². The van der Waals surface area contributed by atoms with Crippen molar-refractivity contribution in [1.82, 2.24) is 0 Å². The van der Waals surface area contributed by atoms with Crippen LogP contribution in [-0.4, -0.2) is 0 Å². The molecule has 1 unspecified atom stereocenters. The Morgan fingerprint density at radius 2 is 2.06 bits per heavy atom. The summed E-state index contributed by atoms with van der Waals surface area (Å²) in [5, 5.41) is 0.612. The molecule has 0 nitrogen and oxygen atoms in total. The van der Waals surface area contributed by atoms with E-state index < -0.39 is 0 Å². The van der Waals surface area contributed by atoms with Crippen LogP contribution in [0.25, 0.3) is 0 Å². The molecule has 0 aliphatic rings. The van der Waals surface area contributed by atoms with E-state index >= 15 is 0 Å². The average molecular weight is 462 g/mol. The molecule has 2 aromatic rings. The molecule has 0 fully saturated rings. The van der Waals surface area contributed by atoms with Crippen LogP contribution in [0.5, 0.6) is 0 Å². The molecule has 1 atom stereocenters. The zero-order valence-corrected chi connectivity index (χ0v) is 14.9. The standard InChI is InChI=1S/C12H8BrCl2IS/c1-6-4-10(17-12(6)13)11(15)7-2-3-9(16)8(14)5-7/h2-5,11H,1H3. The molecule has 1 aromatic heterocycles. The minimum absolute atomic E-state index is 0.139. The number of aryl methyl sites for hydroxylation is 1. The van der Waals surface area contributed by atoms with E-state index in [1.54, 1.807) is 11.3 Å². The first kappa shape index (κ1) is 14.1. The number of rotatable bonds is 2. The molecule has 0 amide bonds. The molecule has 0 saturated carbocycles. The van der Waals surface area contributed by atoms with Gasteiger partial charge in [0.2, 0.25) is 0 Å². The van der Waals surface area contributed by atoms with Crippen molar-refractivity contribution in [1.29, 1.82) is 0 Å². The molecule has 0 N–H and O–H groups in total. The van der Waals surface area contributed by atoms with Gasteiger partial charge >= 0.3 is 0 Å². The SMILES string of the molecule is Cc1cc(C(Cl)c2ccc(I)c(Cl)c2)sc1Br. The Morgan fingerprint density at radius 1 is 1.35 bits per heavy atom. The van der Waals surface area contributed by atoms with E-state index in [1.807, 2.05) is 18.2 Å². The number of alkyl halides is 1. The molecule has 0 aliphatic carbocycles. The second-order valence-electron chi connectivity index (χ2n) is 3.64. The Labute approximate surface area is 137 Å². The largest absolute Gasteiger partial charge is 0.131 e. The van der Waals surface area contributed by atoms with E-state index in [4.69, 9.17) is 23.2 Å². The van der Waals surface area contributed by atoms with Gasteiger partial charge in [0, 0.05) is 8.45 Å². The molecule has 0 aliphatic heterocycles. The van der Waals surface area contributed by atoms with Gasteiger partial charge in [0.15, 0.2) is 0 Å². The summed E-state index contributed by atoms with van der Waals surface area (Å²) in [7, 11) is 0. The summed E-state index contributed by atoms with van der Waals surface area (Å²) < 4.78 is 2.18. The first-order valence-electron chi connectivity index (χ1n) is 4.84. The van der Waals surface area contributed by atoms with Gasteiger partial charge in [-0.1, -0.05) is 17.7 Å². The quantitative estimate of drug-likeness (QED) is 0.358. The third-order valence-corrected chi connectivity index (χ3v) is 6.75. The number of hydrogen-bond donors (Lipinski definition) is 0. The minimum atomic E-state index is -0.139. The molecule has 0 saturated heterocycles. The summed E-state index contributed by atoms with van der Waals surface area (Å²) in [6, 6.07) is 8.06. The van der Waals surface area contributed by atoms with Gasteiger partial charge in [-0.15, -0.1) is 22.9 Å². The zero-order valence-electron chi connectivity index (χ0n) is 8.81. The maximum absolute atomic E-state index is 6.47. The van der Waals surface area contributed by atoms with Crippen LogP contribution in [-0.2, 0) is 0 Å². The van der Waals surface area contributed by atoms with Crippen molar-refractivity contribution in [3.05, 3.63) is 52.6 Å². The molecule has 0 bridgehead atoms. The summed E-state index contributed by atoms with van der Waals surface area (Å²) in [5.41, 5.74) is 2.25. The lowest BCUT2D eigenvalue weighted by atomic mass is 10.1. The number of benzene rings is 1. The molecule has 2 rings (SSSR count). The van der Waals surface area contributed by atoms with Gasteiger partial charge in [-0.2, -0.15) is 0 Å². The molecule has 90 valence electrons. The fourth-order valence-electron chi connectivity index (χ4n) is 1.44. The summed E-state index contributed by atoms with van der Waals surface area (Å²) in [6.07, 6.45) is 0. The van der Waals surface area contributed by atoms with Gasteiger partial charge in [-0.05, 0) is 74.8 Å². The third-order valence-electron chi connectivity index (χ3n) is 2.36. The van der Waals surface area contributed by atoms with Crippen molar-refractivity contribution in [2.75, 3.05) is 0 Å². The number of hydrogen-bond acceptors (Lipinski definition) is 1. The highest BCUT2D eigenvalue weighted by Gasteiger charge is 2.15. The first-order chi connectivity index (χ1) is 7.99. The number of thiophene rings is 1. The van der Waals surface area contributed by atoms with E-state index in [-0.39, 0.29) is 5.38 Å². The molecule has 0 radical (unpaired) electrons. The highest BCUT2D eigenvalue weighted by Crippen LogP contribution is 2.38. The fourth-order valence-corrected chi connectivity index (χ4v) is 3.88. The Balaban J connectivity index is 2.36. The van der Waals surface area contributed by atoms with Gasteiger partial charge in [0.05, 0.1) is 14.2 Å². The van der Waals surface area contributed by atoms with Crippen LogP contribution in [0.2, 0.25) is 5.02 Å². The van der Waals surface area contributed by atoms with E-state index in [0.717, 1.165) is 22.8 Å². The molecule has 1 aromatic carbocycles. The van der Waals surface area contributed by atoms with Crippen molar-refractivity contribution < 1.29 is 0 Å². The normalized spacial score (nSPS) is 12.8. The van der Waals surface area contributed by atoms with E-state index in [9.17, 15) is 0 Å². The van der Waals surface area contributed by atoms with E-state index in [0.29, 0.717) is 0 Å². The molecule has 0 spiro atoms. The lowest BCUT2D eigenvalue weighted by molar-refractivity contribution is 1.18. The highest BCUT2D eigenvalue weighted by atomic mass is 127. The summed E-state index contributed by atoms with van der Waals surface area (Å²) >= 11 is 20.0. The van der Waals surface area contributed by atoms with Crippen molar-refractivity contribution in [2.45, 2.75) is 12.3 Å². The predicted molar refractivity (Wildman–Crippen MR) is 88.6 cm³/mol. The van der Waals surface area contributed by atoms with Crippen LogP contribution >= 0.6 is 73.1 Å². The lowest BCUT2D eigenvalue weighted by Crippen LogP contribution is -1.90. The topological polar surface area (TPSA) is 0 Å². The predicted octanol–water partition coefficient (Wildman–Crippen LogP) is 6.41. The Kier molecular flexibility index (Phi) is 4.80. The highest BCUT2D eigenvalue weighted by molar-refractivity contribution is 14.1. The van der Waals surface area contributed by atoms with E-state index in [2.05, 4.69) is 51.5 Å². The summed E-state index contributed by atoms with van der Waals surface area (Å²) in [5.74, 6) is 0. The van der Waals surface area contributed by atoms with Gasteiger partial charge in [-0.25, -0.2) is 0 Å². The lowest BCUT2D eigenvalue weighted by Gasteiger charge is -2.08. The van der Waals surface area contributed by atoms with Gasteiger partial charge in [0.25, 0.3) is 0 Å². The monoisotopic (exact) mass is 460 g/mol. The van der Waals surface area contributed by atoms with Gasteiger partial charge < -0.3 is 0 Å². The van der Waals surface area contributed by atoms with Gasteiger partial charge in [0.1, 0.15) is 0 Å². The summed E-state index contributed by atoms with van der Waals surface area (Å²) in [4.78, 5) is 1.13. The van der Waals surface area contributed by atoms with Crippen LogP contribution in [0.4, 0.5) is 0 Å². The van der Waals surface area contributed by atoms with Crippen molar-refractivity contribution in [2.24, 2.45) is 0 Å². The maximum Gasteiger partial charge on any atom is 0.0928 e. The summed E-state index contributed by atoms with van der Waals surface area (Å²) in [6.45, 7) is 2.06. The van der Waals surface area contributed by atoms with Crippen LogP contribution in [0, 0.1) is 10.5 Å². The van der Waals surface area contributed by atoms with Crippen molar-refractivity contribution >= 4 is 73.1 Å².